The Morgan fingerprint density at radius 3 is 1.68 bits per heavy atom. The monoisotopic (exact) mass is 750 g/mol. The van der Waals surface area contributed by atoms with Crippen molar-refractivity contribution >= 4 is 41.4 Å². The number of carbonyl (C=O) groups is 7. The maximum Gasteiger partial charge on any atom is 0.325 e. The van der Waals surface area contributed by atoms with Crippen molar-refractivity contribution in [2.45, 2.75) is 114 Å². The molecule has 0 radical (unpaired) electrons. The summed E-state index contributed by atoms with van der Waals surface area (Å²) < 4.78 is 0. The van der Waals surface area contributed by atoms with Crippen LogP contribution in [0, 0.1) is 5.92 Å². The summed E-state index contributed by atoms with van der Waals surface area (Å²) in [5.41, 5.74) is 29.8. The van der Waals surface area contributed by atoms with Crippen molar-refractivity contribution in [3.05, 3.63) is 29.8 Å². The average molecular weight is 751 g/mol. The van der Waals surface area contributed by atoms with Crippen molar-refractivity contribution in [3.63, 3.8) is 0 Å². The Bertz CT molecular complexity index is 1380. The van der Waals surface area contributed by atoms with Crippen LogP contribution in [0.2, 0.25) is 0 Å². The van der Waals surface area contributed by atoms with Crippen molar-refractivity contribution in [1.82, 2.24) is 26.6 Å². The molecule has 6 amide bonds. The Balaban J connectivity index is 3.43. The summed E-state index contributed by atoms with van der Waals surface area (Å²) in [6.07, 6.45) is 1.10. The van der Waals surface area contributed by atoms with Crippen LogP contribution in [0.5, 0.6) is 5.75 Å². The van der Waals surface area contributed by atoms with Crippen LogP contribution in [0.1, 0.15) is 71.3 Å². The number of phenols is 1. The molecule has 53 heavy (non-hydrogen) atoms. The van der Waals surface area contributed by atoms with E-state index in [1.807, 2.05) is 13.8 Å². The van der Waals surface area contributed by atoms with Crippen LogP contribution in [0.4, 0.5) is 0 Å². The molecule has 0 aliphatic heterocycles. The molecule has 0 spiro atoms. The van der Waals surface area contributed by atoms with Crippen molar-refractivity contribution in [1.29, 1.82) is 0 Å². The largest absolute Gasteiger partial charge is 0.508 e. The van der Waals surface area contributed by atoms with Gasteiger partial charge in [-0.3, -0.25) is 33.6 Å². The third-order valence-corrected chi connectivity index (χ3v) is 8.53. The molecule has 0 heterocycles. The fourth-order valence-electron chi connectivity index (χ4n) is 5.11. The van der Waals surface area contributed by atoms with Crippen LogP contribution in [-0.4, -0.2) is 107 Å². The number of aromatic hydroxyl groups is 1. The zero-order chi connectivity index (χ0) is 40.2. The summed E-state index contributed by atoms with van der Waals surface area (Å²) in [6.45, 7) is 5.47. The first-order valence-electron chi connectivity index (χ1n) is 17.6. The van der Waals surface area contributed by atoms with E-state index < -0.39 is 90.1 Å². The first-order chi connectivity index (χ1) is 24.9. The maximum atomic E-state index is 13.8. The predicted molar refractivity (Wildman–Crippen MR) is 195 cm³/mol. The molecule has 0 bridgehead atoms. The molecule has 0 aliphatic rings. The van der Waals surface area contributed by atoms with E-state index in [-0.39, 0.29) is 50.4 Å². The Morgan fingerprint density at radius 1 is 0.698 bits per heavy atom. The molecule has 8 atom stereocenters. The number of amides is 6. The Kier molecular flexibility index (Phi) is 20.6. The van der Waals surface area contributed by atoms with Gasteiger partial charge < -0.3 is 65.5 Å². The lowest BCUT2D eigenvalue weighted by molar-refractivity contribution is -0.142. The zero-order valence-electron chi connectivity index (χ0n) is 30.6. The number of carbonyl (C=O) groups excluding carboxylic acids is 6. The minimum Gasteiger partial charge on any atom is -0.508 e. The van der Waals surface area contributed by atoms with Gasteiger partial charge in [-0.2, -0.15) is 0 Å². The van der Waals surface area contributed by atoms with E-state index in [1.165, 1.54) is 31.2 Å². The predicted octanol–water partition coefficient (Wildman–Crippen LogP) is -3.09. The SMILES string of the molecule is CC[C@H](C)CC(=O)NC(C(=O)N[C@H](C(=O)N[C@@H](CC(N)=O)C(=O)N[C@@H](Cc1ccc(O)cc1)C(=O)N[C@@H](C)C(=O)O)C(N)CCCN)C(N)CCCN. The van der Waals surface area contributed by atoms with Crippen molar-refractivity contribution in [3.8, 4) is 5.75 Å². The number of carboxylic acid groups (broad SMARTS) is 1. The lowest BCUT2D eigenvalue weighted by Crippen LogP contribution is -2.64. The topological polar surface area (TPSA) is 350 Å². The van der Waals surface area contributed by atoms with Crippen LogP contribution in [0.15, 0.2) is 24.3 Å². The quantitative estimate of drug-likeness (QED) is 0.0472. The average Bonchev–Trinajstić information content (AvgIpc) is 3.10. The van der Waals surface area contributed by atoms with E-state index in [1.54, 1.807) is 0 Å². The lowest BCUT2D eigenvalue weighted by atomic mass is 9.98. The molecule has 0 saturated heterocycles. The van der Waals surface area contributed by atoms with Gasteiger partial charge in [0.25, 0.3) is 0 Å². The van der Waals surface area contributed by atoms with E-state index in [0.717, 1.165) is 0 Å². The number of primary amides is 1. The standard InChI is InChI=1S/C34H58N10O9/c1-4-18(2)15-27(47)43-28(22(37)7-5-13-35)33(51)44-29(23(38)8-6-14-36)32(50)42-25(17-26(39)46)31(49)41-24(30(48)40-19(3)34(52)53)16-20-9-11-21(45)12-10-20/h9-12,18-19,22-25,28-29,45H,4-8,13-17,35-38H2,1-3H3,(H2,39,46)(H,40,48)(H,41,49)(H,42,50)(H,43,47)(H,44,51)(H,52,53)/t18-,19-,22?,23?,24-,25-,28?,29-/m0/s1. The molecule has 0 saturated carbocycles. The molecule has 1 aromatic rings. The summed E-state index contributed by atoms with van der Waals surface area (Å²) in [7, 11) is 0. The van der Waals surface area contributed by atoms with Crippen LogP contribution in [0.25, 0.3) is 0 Å². The minimum atomic E-state index is -1.69. The van der Waals surface area contributed by atoms with Crippen LogP contribution in [-0.2, 0) is 40.0 Å². The van der Waals surface area contributed by atoms with Crippen LogP contribution in [0.3, 0.4) is 0 Å². The lowest BCUT2D eigenvalue weighted by Gasteiger charge is -2.30. The number of benzene rings is 1. The summed E-state index contributed by atoms with van der Waals surface area (Å²) in [5.74, 6) is -6.60. The minimum absolute atomic E-state index is 0.0165. The van der Waals surface area contributed by atoms with E-state index in [2.05, 4.69) is 26.6 Å². The highest BCUT2D eigenvalue weighted by molar-refractivity contribution is 5.98. The van der Waals surface area contributed by atoms with Gasteiger partial charge in [0.05, 0.1) is 6.42 Å². The second-order valence-corrected chi connectivity index (χ2v) is 13.2. The van der Waals surface area contributed by atoms with Gasteiger partial charge in [0.15, 0.2) is 0 Å². The number of aliphatic carboxylic acids is 1. The molecule has 1 rings (SSSR count). The van der Waals surface area contributed by atoms with Gasteiger partial charge in [-0.25, -0.2) is 0 Å². The second-order valence-electron chi connectivity index (χ2n) is 13.2. The summed E-state index contributed by atoms with van der Waals surface area (Å²) in [4.78, 5) is 90.7. The Morgan fingerprint density at radius 2 is 1.19 bits per heavy atom. The van der Waals surface area contributed by atoms with Gasteiger partial charge >= 0.3 is 5.97 Å². The summed E-state index contributed by atoms with van der Waals surface area (Å²) in [5, 5.41) is 31.2. The molecule has 19 heteroatoms. The van der Waals surface area contributed by atoms with E-state index in [0.29, 0.717) is 24.8 Å². The van der Waals surface area contributed by atoms with Gasteiger partial charge in [-0.05, 0) is 69.3 Å². The second kappa shape index (κ2) is 23.7. The molecule has 298 valence electrons. The zero-order valence-corrected chi connectivity index (χ0v) is 30.6. The number of phenolic OH excluding ortho intramolecular Hbond substituents is 1. The van der Waals surface area contributed by atoms with Crippen molar-refractivity contribution in [2.24, 2.45) is 34.6 Å². The van der Waals surface area contributed by atoms with Gasteiger partial charge in [-0.15, -0.1) is 0 Å². The molecular formula is C34H58N10O9. The van der Waals surface area contributed by atoms with Gasteiger partial charge in [0, 0.05) is 24.9 Å². The number of rotatable bonds is 25. The maximum absolute atomic E-state index is 13.8. The Hall–Kier alpha value is -4.85. The molecule has 0 fully saturated rings. The molecule has 3 unspecified atom stereocenters. The highest BCUT2D eigenvalue weighted by Crippen LogP contribution is 2.13. The number of carboxylic acids is 1. The number of nitrogens with one attached hydrogen (secondary N) is 5. The third kappa shape index (κ3) is 17.0. The molecular weight excluding hydrogens is 692 g/mol. The fraction of sp³-hybridized carbons (Fsp3) is 0.618. The van der Waals surface area contributed by atoms with Crippen molar-refractivity contribution < 1.29 is 43.8 Å². The Labute approximate surface area is 309 Å². The van der Waals surface area contributed by atoms with E-state index >= 15 is 0 Å². The third-order valence-electron chi connectivity index (χ3n) is 8.53. The van der Waals surface area contributed by atoms with E-state index in [9.17, 15) is 43.8 Å². The smallest absolute Gasteiger partial charge is 0.325 e. The molecule has 0 aromatic heterocycles. The highest BCUT2D eigenvalue weighted by atomic mass is 16.4. The summed E-state index contributed by atoms with van der Waals surface area (Å²) in [6, 6.07) is -3.58. The highest BCUT2D eigenvalue weighted by Gasteiger charge is 2.36. The van der Waals surface area contributed by atoms with Crippen LogP contribution < -0.4 is 55.3 Å². The van der Waals surface area contributed by atoms with Gasteiger partial charge in [0.2, 0.25) is 35.4 Å². The van der Waals surface area contributed by atoms with Crippen molar-refractivity contribution in [2.75, 3.05) is 13.1 Å². The normalized spacial score (nSPS) is 15.6. The van der Waals surface area contributed by atoms with E-state index in [4.69, 9.17) is 28.7 Å². The van der Waals surface area contributed by atoms with Crippen LogP contribution >= 0.6 is 0 Å². The number of nitrogens with two attached hydrogens (primary N) is 5. The summed E-state index contributed by atoms with van der Waals surface area (Å²) >= 11 is 0. The molecule has 19 nitrogen and oxygen atoms in total. The fourth-order valence-corrected chi connectivity index (χ4v) is 5.11. The number of hydrogen-bond acceptors (Lipinski definition) is 12. The molecule has 1 aromatic carbocycles. The first kappa shape index (κ1) is 46.2. The number of hydrogen-bond donors (Lipinski definition) is 12. The molecule has 17 N–H and O–H groups in total. The first-order valence-corrected chi connectivity index (χ1v) is 17.6. The molecule has 0 aliphatic carbocycles. The van der Waals surface area contributed by atoms with Gasteiger partial charge in [-0.1, -0.05) is 32.4 Å². The van der Waals surface area contributed by atoms with Gasteiger partial charge in [0.1, 0.15) is 36.0 Å².